The number of ether oxygens (including phenoxy) is 2. The third-order valence-electron chi connectivity index (χ3n) is 2.67. The van der Waals surface area contributed by atoms with E-state index in [9.17, 15) is 4.39 Å². The number of benzene rings is 1. The van der Waals surface area contributed by atoms with Crippen LogP contribution in [-0.2, 0) is 16.1 Å². The van der Waals surface area contributed by atoms with Crippen molar-refractivity contribution in [2.75, 3.05) is 13.2 Å². The van der Waals surface area contributed by atoms with Crippen molar-refractivity contribution < 1.29 is 13.9 Å². The lowest BCUT2D eigenvalue weighted by Crippen LogP contribution is -2.23. The van der Waals surface area contributed by atoms with Crippen LogP contribution in [0.1, 0.15) is 18.4 Å². The Morgan fingerprint density at radius 2 is 2.12 bits per heavy atom. The zero-order valence-corrected chi connectivity index (χ0v) is 10.5. The van der Waals surface area contributed by atoms with Crippen molar-refractivity contribution in [2.45, 2.75) is 25.6 Å². The first kappa shape index (κ1) is 12.0. The van der Waals surface area contributed by atoms with Gasteiger partial charge in [-0.15, -0.1) is 0 Å². The molecule has 2 nitrogen and oxygen atoms in total. The summed E-state index contributed by atoms with van der Waals surface area (Å²) in [4.78, 5) is 0. The van der Waals surface area contributed by atoms with Crippen molar-refractivity contribution in [3.05, 3.63) is 34.1 Å². The van der Waals surface area contributed by atoms with Crippen LogP contribution in [0.15, 0.2) is 22.7 Å². The minimum atomic E-state index is -0.243. The van der Waals surface area contributed by atoms with Gasteiger partial charge in [-0.05, 0) is 40.4 Å². The largest absolute Gasteiger partial charge is 0.381 e. The maximum Gasteiger partial charge on any atom is 0.137 e. The van der Waals surface area contributed by atoms with Crippen LogP contribution >= 0.6 is 15.9 Å². The zero-order valence-electron chi connectivity index (χ0n) is 8.92. The fraction of sp³-hybridized carbons (Fsp3) is 0.500. The molecule has 0 unspecified atom stereocenters. The molecule has 0 bridgehead atoms. The van der Waals surface area contributed by atoms with Crippen LogP contribution in [-0.4, -0.2) is 19.3 Å². The number of hydrogen-bond acceptors (Lipinski definition) is 2. The third-order valence-corrected chi connectivity index (χ3v) is 3.56. The molecule has 1 aromatic rings. The molecule has 1 aliphatic rings. The standard InChI is InChI=1S/C12H14BrFO2/c13-12-9(2-1-3-11(12)14)8-16-10-4-6-15-7-5-10/h1-3,10H,4-8H2. The highest BCUT2D eigenvalue weighted by Gasteiger charge is 2.15. The Hall–Kier alpha value is -0.450. The minimum Gasteiger partial charge on any atom is -0.381 e. The number of rotatable bonds is 3. The van der Waals surface area contributed by atoms with E-state index in [4.69, 9.17) is 9.47 Å². The molecule has 2 rings (SSSR count). The van der Waals surface area contributed by atoms with E-state index < -0.39 is 0 Å². The van der Waals surface area contributed by atoms with Gasteiger partial charge < -0.3 is 9.47 Å². The molecule has 88 valence electrons. The van der Waals surface area contributed by atoms with Gasteiger partial charge in [0.05, 0.1) is 17.2 Å². The quantitative estimate of drug-likeness (QED) is 0.850. The van der Waals surface area contributed by atoms with E-state index in [1.807, 2.05) is 6.07 Å². The summed E-state index contributed by atoms with van der Waals surface area (Å²) in [7, 11) is 0. The Labute approximate surface area is 103 Å². The third kappa shape index (κ3) is 3.03. The smallest absolute Gasteiger partial charge is 0.137 e. The summed E-state index contributed by atoms with van der Waals surface area (Å²) in [6, 6.07) is 5.00. The maximum atomic E-state index is 13.2. The van der Waals surface area contributed by atoms with Gasteiger partial charge in [0.1, 0.15) is 5.82 Å². The minimum absolute atomic E-state index is 0.240. The fourth-order valence-electron chi connectivity index (χ4n) is 1.71. The Morgan fingerprint density at radius 1 is 1.38 bits per heavy atom. The second kappa shape index (κ2) is 5.75. The summed E-state index contributed by atoms with van der Waals surface area (Å²) in [6.45, 7) is 1.97. The average molecular weight is 289 g/mol. The highest BCUT2D eigenvalue weighted by Crippen LogP contribution is 2.22. The van der Waals surface area contributed by atoms with Gasteiger partial charge >= 0.3 is 0 Å². The molecule has 0 saturated carbocycles. The van der Waals surface area contributed by atoms with E-state index in [2.05, 4.69) is 15.9 Å². The SMILES string of the molecule is Fc1cccc(COC2CCOCC2)c1Br. The van der Waals surface area contributed by atoms with Crippen molar-refractivity contribution in [2.24, 2.45) is 0 Å². The fourth-order valence-corrected chi connectivity index (χ4v) is 2.09. The van der Waals surface area contributed by atoms with Gasteiger partial charge in [0.25, 0.3) is 0 Å². The molecule has 1 aliphatic heterocycles. The van der Waals surface area contributed by atoms with Gasteiger partial charge in [-0.3, -0.25) is 0 Å². The van der Waals surface area contributed by atoms with Crippen LogP contribution in [0.4, 0.5) is 4.39 Å². The maximum absolute atomic E-state index is 13.2. The monoisotopic (exact) mass is 288 g/mol. The lowest BCUT2D eigenvalue weighted by Gasteiger charge is -2.22. The van der Waals surface area contributed by atoms with Gasteiger partial charge in [0, 0.05) is 13.2 Å². The Morgan fingerprint density at radius 3 is 2.88 bits per heavy atom. The van der Waals surface area contributed by atoms with Crippen LogP contribution in [0.25, 0.3) is 0 Å². The molecule has 0 atom stereocenters. The van der Waals surface area contributed by atoms with Crippen molar-refractivity contribution >= 4 is 15.9 Å². The van der Waals surface area contributed by atoms with E-state index >= 15 is 0 Å². The first-order valence-electron chi connectivity index (χ1n) is 5.39. The lowest BCUT2D eigenvalue weighted by molar-refractivity contribution is -0.0392. The molecule has 1 saturated heterocycles. The van der Waals surface area contributed by atoms with Crippen LogP contribution in [0.5, 0.6) is 0 Å². The highest BCUT2D eigenvalue weighted by molar-refractivity contribution is 9.10. The summed E-state index contributed by atoms with van der Waals surface area (Å²) in [5, 5.41) is 0. The zero-order chi connectivity index (χ0) is 11.4. The summed E-state index contributed by atoms with van der Waals surface area (Å²) < 4.78 is 24.7. The summed E-state index contributed by atoms with van der Waals surface area (Å²) in [6.07, 6.45) is 2.09. The molecule has 16 heavy (non-hydrogen) atoms. The second-order valence-electron chi connectivity index (χ2n) is 3.84. The summed E-state index contributed by atoms with van der Waals surface area (Å²) >= 11 is 3.23. The second-order valence-corrected chi connectivity index (χ2v) is 4.63. The molecule has 0 spiro atoms. The van der Waals surface area contributed by atoms with Gasteiger partial charge in [0.15, 0.2) is 0 Å². The van der Waals surface area contributed by atoms with E-state index in [0.29, 0.717) is 11.1 Å². The average Bonchev–Trinajstić information content (AvgIpc) is 2.32. The van der Waals surface area contributed by atoms with Crippen LogP contribution < -0.4 is 0 Å². The predicted octanol–water partition coefficient (Wildman–Crippen LogP) is 3.28. The van der Waals surface area contributed by atoms with Crippen molar-refractivity contribution in [1.82, 2.24) is 0 Å². The van der Waals surface area contributed by atoms with E-state index in [0.717, 1.165) is 31.6 Å². The molecule has 0 aliphatic carbocycles. The van der Waals surface area contributed by atoms with E-state index in [1.54, 1.807) is 6.07 Å². The number of halogens is 2. The van der Waals surface area contributed by atoms with Crippen LogP contribution in [0, 0.1) is 5.82 Å². The molecular formula is C12H14BrFO2. The van der Waals surface area contributed by atoms with Crippen LogP contribution in [0.3, 0.4) is 0 Å². The Bertz CT molecular complexity index is 351. The van der Waals surface area contributed by atoms with Gasteiger partial charge in [0.2, 0.25) is 0 Å². The molecule has 1 aromatic carbocycles. The van der Waals surface area contributed by atoms with Crippen LogP contribution in [0.2, 0.25) is 0 Å². The molecule has 1 fully saturated rings. The van der Waals surface area contributed by atoms with E-state index in [1.165, 1.54) is 6.07 Å². The van der Waals surface area contributed by atoms with Gasteiger partial charge in [-0.1, -0.05) is 12.1 Å². The normalized spacial score (nSPS) is 17.6. The molecule has 0 radical (unpaired) electrons. The van der Waals surface area contributed by atoms with Crippen molar-refractivity contribution in [1.29, 1.82) is 0 Å². The molecule has 4 heteroatoms. The van der Waals surface area contributed by atoms with Gasteiger partial charge in [-0.2, -0.15) is 0 Å². The molecule has 0 N–H and O–H groups in total. The lowest BCUT2D eigenvalue weighted by atomic mass is 10.1. The highest BCUT2D eigenvalue weighted by atomic mass is 79.9. The Balaban J connectivity index is 1.91. The molecule has 0 aromatic heterocycles. The molecule has 0 amide bonds. The van der Waals surface area contributed by atoms with Gasteiger partial charge in [-0.25, -0.2) is 4.39 Å². The topological polar surface area (TPSA) is 18.5 Å². The number of hydrogen-bond donors (Lipinski definition) is 0. The van der Waals surface area contributed by atoms with Crippen molar-refractivity contribution in [3.63, 3.8) is 0 Å². The predicted molar refractivity (Wildman–Crippen MR) is 62.7 cm³/mol. The molecule has 1 heterocycles. The first-order chi connectivity index (χ1) is 7.77. The summed E-state index contributed by atoms with van der Waals surface area (Å²) in [5.41, 5.74) is 0.853. The van der Waals surface area contributed by atoms with Crippen molar-refractivity contribution in [3.8, 4) is 0 Å². The first-order valence-corrected chi connectivity index (χ1v) is 6.19. The Kier molecular flexibility index (Phi) is 4.32. The summed E-state index contributed by atoms with van der Waals surface area (Å²) in [5.74, 6) is -0.243. The van der Waals surface area contributed by atoms with E-state index in [-0.39, 0.29) is 11.9 Å². The molecular weight excluding hydrogens is 275 g/mol.